The van der Waals surface area contributed by atoms with Crippen LogP contribution in [0.15, 0.2) is 131 Å². The molecule has 0 amide bonds. The molecule has 0 aliphatic carbocycles. The molecule has 84 heavy (non-hydrogen) atoms. The Bertz CT molecular complexity index is 3530. The van der Waals surface area contributed by atoms with Crippen molar-refractivity contribution in [2.45, 2.75) is 9.79 Å². The van der Waals surface area contributed by atoms with E-state index in [1.54, 1.807) is 38.5 Å². The number of hydrogen-bond acceptors (Lipinski definition) is 16. The zero-order valence-electron chi connectivity index (χ0n) is 46.5. The molecule has 4 N–H and O–H groups in total. The summed E-state index contributed by atoms with van der Waals surface area (Å²) in [6.07, 6.45) is 7.61. The molecule has 2 aliphatic rings. The predicted octanol–water partition coefficient (Wildman–Crippen LogP) is 9.97. The number of H-pyrrole nitrogens is 2. The fourth-order valence-corrected chi connectivity index (χ4v) is 10.2. The van der Waals surface area contributed by atoms with Gasteiger partial charge in [-0.05, 0) is 119 Å². The first-order valence-electron chi connectivity index (χ1n) is 27.1. The lowest BCUT2D eigenvalue weighted by atomic mass is 10.0. The van der Waals surface area contributed by atoms with Gasteiger partial charge in [0.1, 0.15) is 24.7 Å². The monoisotopic (exact) mass is 1190 g/mol. The molecule has 0 radical (unpaired) electrons. The zero-order chi connectivity index (χ0) is 58.7. The van der Waals surface area contributed by atoms with Gasteiger partial charge in [-0.25, -0.2) is 9.97 Å². The summed E-state index contributed by atoms with van der Waals surface area (Å²) < 4.78 is 124. The second kappa shape index (κ2) is 29.9. The van der Waals surface area contributed by atoms with Gasteiger partial charge < -0.3 is 57.3 Å². The maximum absolute atomic E-state index is 12.3. The summed E-state index contributed by atoms with van der Waals surface area (Å²) in [5.41, 5.74) is 10.5. The highest BCUT2D eigenvalue weighted by Gasteiger charge is 2.21. The molecule has 7 aromatic rings. The highest BCUT2D eigenvalue weighted by atomic mass is 32.2. The van der Waals surface area contributed by atoms with Crippen LogP contribution < -0.4 is 9.47 Å². The van der Waals surface area contributed by atoms with Gasteiger partial charge in [-0.15, -0.1) is 0 Å². The molecule has 442 valence electrons. The van der Waals surface area contributed by atoms with E-state index in [0.29, 0.717) is 184 Å². The van der Waals surface area contributed by atoms with Gasteiger partial charge >= 0.3 is 0 Å². The van der Waals surface area contributed by atoms with Crippen LogP contribution in [0.2, 0.25) is 0 Å². The van der Waals surface area contributed by atoms with Gasteiger partial charge in [0.05, 0.1) is 125 Å². The van der Waals surface area contributed by atoms with Crippen molar-refractivity contribution in [3.05, 3.63) is 144 Å². The molecule has 22 heteroatoms. The van der Waals surface area contributed by atoms with E-state index in [-0.39, 0.29) is 9.79 Å². The summed E-state index contributed by atoms with van der Waals surface area (Å²) in [5, 5.41) is 0. The van der Waals surface area contributed by atoms with Crippen LogP contribution in [0.5, 0.6) is 11.5 Å². The van der Waals surface area contributed by atoms with E-state index in [9.17, 15) is 25.9 Å². The quantitative estimate of drug-likeness (QED) is 0.0226. The third kappa shape index (κ3) is 16.5. The van der Waals surface area contributed by atoms with Gasteiger partial charge in [-0.3, -0.25) is 9.11 Å². The van der Waals surface area contributed by atoms with E-state index in [1.165, 1.54) is 24.3 Å². The van der Waals surface area contributed by atoms with E-state index in [0.717, 1.165) is 22.3 Å². The number of methoxy groups -OCH3 is 2. The van der Waals surface area contributed by atoms with Crippen molar-refractivity contribution in [1.82, 2.24) is 19.9 Å². The number of fused-ring (bicyclic) bond motifs is 8. The minimum atomic E-state index is -4.50. The van der Waals surface area contributed by atoms with Crippen molar-refractivity contribution in [2.75, 3.05) is 120 Å². The lowest BCUT2D eigenvalue weighted by Gasteiger charge is -2.10. The predicted molar refractivity (Wildman–Crippen MR) is 320 cm³/mol. The van der Waals surface area contributed by atoms with Gasteiger partial charge in [0.25, 0.3) is 20.2 Å². The molecule has 0 saturated carbocycles. The normalized spacial score (nSPS) is 12.3. The first kappa shape index (κ1) is 61.1. The molecule has 4 aromatic carbocycles. The largest absolute Gasteiger partial charge is 0.491 e. The van der Waals surface area contributed by atoms with Crippen LogP contribution in [-0.2, 0) is 58.1 Å². The Kier molecular flexibility index (Phi) is 21.8. The van der Waals surface area contributed by atoms with Crippen LogP contribution in [0.3, 0.4) is 0 Å². The smallest absolute Gasteiger partial charge is 0.294 e. The average Bonchev–Trinajstić information content (AvgIpc) is 2.90. The summed E-state index contributed by atoms with van der Waals surface area (Å²) >= 11 is 0. The second-order valence-electron chi connectivity index (χ2n) is 18.9. The van der Waals surface area contributed by atoms with Gasteiger partial charge in [-0.1, -0.05) is 48.5 Å². The standard InChI is InChI=1S/C62H66N4O16S2/c1-73-27-29-75-31-33-77-35-37-79-39-41-81-47-11-3-43(4-12-47)59-51-19-23-55(63-51)61(45-7-15-49(16-8-45)83(67,68)69)57-25-21-53(65-57)60(44-5-13-48(14-6-44)82-42-40-80-38-36-78-34-32-76-30-28-74-2)54-22-26-58(66-54)62(56-24-20-52(59)64-56)46-9-17-50(18-10-46)84(70,71)72/h3-26,63,66H,27-42H2,1-2H3,(H,67,68,69)(H,70,71,72). The topological polar surface area (TPSA) is 258 Å². The molecule has 0 spiro atoms. The van der Waals surface area contributed by atoms with Crippen LogP contribution in [0.4, 0.5) is 0 Å². The Morgan fingerprint density at radius 1 is 0.333 bits per heavy atom. The number of ether oxygens (including phenoxy) is 10. The second-order valence-corrected chi connectivity index (χ2v) is 21.8. The lowest BCUT2D eigenvalue weighted by molar-refractivity contribution is 0.000164. The fourth-order valence-electron chi connectivity index (χ4n) is 9.25. The Labute approximate surface area is 487 Å². The molecule has 0 atom stereocenters. The summed E-state index contributed by atoms with van der Waals surface area (Å²) in [6, 6.07) is 34.9. The van der Waals surface area contributed by atoms with Gasteiger partial charge in [0.15, 0.2) is 0 Å². The first-order chi connectivity index (χ1) is 40.9. The van der Waals surface area contributed by atoms with E-state index < -0.39 is 20.2 Å². The van der Waals surface area contributed by atoms with Gasteiger partial charge in [0.2, 0.25) is 0 Å². The first-order valence-corrected chi connectivity index (χ1v) is 30.0. The number of nitrogens with zero attached hydrogens (tertiary/aromatic N) is 2. The molecular formula is C62H66N4O16S2. The SMILES string of the molecule is COCCOCCOCCOCCOc1ccc(-c2c3nc(c(-c4ccc(S(=O)(=O)O)cc4)c4ccc([nH]4)c(-c4ccc(OCCOCCOCCOCCOC)cc4)c4nc(c(-c5ccc(S(=O)(=O)O)cc5)c5ccc2[nH]5)C=C4)C=C3)cc1. The Hall–Kier alpha value is -7.42. The van der Waals surface area contributed by atoms with Crippen molar-refractivity contribution in [1.29, 1.82) is 0 Å². The highest BCUT2D eigenvalue weighted by molar-refractivity contribution is 7.86. The maximum atomic E-state index is 12.3. The molecule has 3 aromatic heterocycles. The van der Waals surface area contributed by atoms with Gasteiger partial charge in [0, 0.05) is 58.5 Å². The summed E-state index contributed by atoms with van der Waals surface area (Å²) in [7, 11) is -5.76. The van der Waals surface area contributed by atoms with Crippen LogP contribution >= 0.6 is 0 Å². The number of benzene rings is 4. The van der Waals surface area contributed by atoms with Crippen LogP contribution in [0.25, 0.3) is 90.9 Å². The molecule has 0 fully saturated rings. The molecule has 5 heterocycles. The van der Waals surface area contributed by atoms with Crippen LogP contribution in [0, 0.1) is 0 Å². The molecule has 0 saturated heterocycles. The number of rotatable bonds is 32. The Balaban J connectivity index is 1.09. The van der Waals surface area contributed by atoms with E-state index in [4.69, 9.17) is 57.3 Å². The molecule has 20 nitrogen and oxygen atoms in total. The summed E-state index contributed by atoms with van der Waals surface area (Å²) in [5.74, 6) is 1.24. The Morgan fingerprint density at radius 2 is 0.571 bits per heavy atom. The average molecular weight is 1190 g/mol. The third-order valence-corrected chi connectivity index (χ3v) is 15.0. The molecule has 0 unspecified atom stereocenters. The van der Waals surface area contributed by atoms with E-state index in [1.807, 2.05) is 97.1 Å². The van der Waals surface area contributed by atoms with Gasteiger partial charge in [-0.2, -0.15) is 16.8 Å². The minimum absolute atomic E-state index is 0.261. The lowest BCUT2D eigenvalue weighted by Crippen LogP contribution is -2.13. The van der Waals surface area contributed by atoms with Crippen molar-refractivity contribution >= 4 is 66.6 Å². The van der Waals surface area contributed by atoms with Crippen molar-refractivity contribution in [3.8, 4) is 56.0 Å². The zero-order valence-corrected chi connectivity index (χ0v) is 48.1. The fraction of sp³-hybridized carbons (Fsp3) is 0.290. The van der Waals surface area contributed by atoms with Crippen LogP contribution in [0.1, 0.15) is 22.8 Å². The van der Waals surface area contributed by atoms with Crippen molar-refractivity contribution in [3.63, 3.8) is 0 Å². The number of nitrogens with one attached hydrogen (secondary N) is 2. The highest BCUT2D eigenvalue weighted by Crippen LogP contribution is 2.39. The van der Waals surface area contributed by atoms with Crippen LogP contribution in [-0.4, -0.2) is 166 Å². The molecule has 2 aliphatic heterocycles. The van der Waals surface area contributed by atoms with E-state index >= 15 is 0 Å². The van der Waals surface area contributed by atoms with Crippen molar-refractivity contribution in [2.24, 2.45) is 0 Å². The number of hydrogen-bond donors (Lipinski definition) is 4. The maximum Gasteiger partial charge on any atom is 0.294 e. The van der Waals surface area contributed by atoms with Crippen molar-refractivity contribution < 1.29 is 73.3 Å². The molecule has 9 rings (SSSR count). The minimum Gasteiger partial charge on any atom is -0.491 e. The Morgan fingerprint density at radius 3 is 0.821 bits per heavy atom. The summed E-state index contributed by atoms with van der Waals surface area (Å²) in [4.78, 5) is 17.4. The molecular weight excluding hydrogens is 1120 g/mol. The third-order valence-electron chi connectivity index (χ3n) is 13.3. The number of aromatic nitrogens is 4. The van der Waals surface area contributed by atoms with E-state index in [2.05, 4.69) is 9.97 Å². The summed E-state index contributed by atoms with van der Waals surface area (Å²) in [6.45, 7) is 6.90. The molecule has 8 bridgehead atoms. The number of aromatic amines is 2.